The van der Waals surface area contributed by atoms with Gasteiger partial charge in [-0.25, -0.2) is 4.79 Å². The molecule has 2 heterocycles. The minimum atomic E-state index is -0.567. The second-order valence-corrected chi connectivity index (χ2v) is 8.15. The molecule has 4 rings (SSSR count). The average molecular weight is 439 g/mol. The molecule has 0 radical (unpaired) electrons. The Morgan fingerprint density at radius 3 is 2.48 bits per heavy atom. The van der Waals surface area contributed by atoms with Crippen molar-refractivity contribution in [3.8, 4) is 5.75 Å². The molecule has 1 aliphatic heterocycles. The van der Waals surface area contributed by atoms with E-state index in [-0.39, 0.29) is 18.1 Å². The fourth-order valence-corrected chi connectivity index (χ4v) is 4.59. The Kier molecular flexibility index (Phi) is 5.94. The first kappa shape index (κ1) is 20.9. The van der Waals surface area contributed by atoms with Gasteiger partial charge in [0.2, 0.25) is 5.69 Å². The molecule has 0 saturated heterocycles. The van der Waals surface area contributed by atoms with E-state index in [0.717, 1.165) is 16.9 Å². The Bertz CT molecular complexity index is 1100. The highest BCUT2D eigenvalue weighted by molar-refractivity contribution is 8.00. The number of ether oxygens (including phenoxy) is 2. The van der Waals surface area contributed by atoms with Gasteiger partial charge in [0.1, 0.15) is 11.0 Å². The van der Waals surface area contributed by atoms with Crippen molar-refractivity contribution in [2.75, 3.05) is 19.1 Å². The summed E-state index contributed by atoms with van der Waals surface area (Å²) in [6.45, 7) is 3.92. The lowest BCUT2D eigenvalue weighted by molar-refractivity contribution is 0.0514. The Hall–Kier alpha value is -3.33. The number of esters is 1. The number of hydrogen-bond acceptors (Lipinski definition) is 8. The van der Waals surface area contributed by atoms with Gasteiger partial charge >= 0.3 is 5.97 Å². The molecule has 0 bridgehead atoms. The van der Waals surface area contributed by atoms with Crippen molar-refractivity contribution in [1.82, 2.24) is 15.1 Å². The highest BCUT2D eigenvalue weighted by Crippen LogP contribution is 2.40. The third-order valence-electron chi connectivity index (χ3n) is 4.97. The summed E-state index contributed by atoms with van der Waals surface area (Å²) in [4.78, 5) is 27.2. The number of carbonyl (C=O) groups is 2. The van der Waals surface area contributed by atoms with Crippen LogP contribution in [0, 0.1) is 6.92 Å². The van der Waals surface area contributed by atoms with Gasteiger partial charge in [-0.3, -0.25) is 10.2 Å². The molecular weight excluding hydrogens is 416 g/mol. The number of aromatic nitrogens is 3. The van der Waals surface area contributed by atoms with Crippen LogP contribution in [-0.4, -0.2) is 45.8 Å². The van der Waals surface area contributed by atoms with Gasteiger partial charge < -0.3 is 9.47 Å². The SMILES string of the molecule is CCOC(=O)c1nnn2c1S[C@H](C(=O)c1ccc(C)cc1)[C@@H](c1ccc(OC)cc1)N2. The lowest BCUT2D eigenvalue weighted by atomic mass is 9.97. The number of rotatable bonds is 6. The molecule has 0 fully saturated rings. The molecule has 2 aromatic carbocycles. The van der Waals surface area contributed by atoms with E-state index in [1.165, 1.54) is 16.6 Å². The van der Waals surface area contributed by atoms with E-state index in [2.05, 4.69) is 15.7 Å². The number of methoxy groups -OCH3 is 1. The molecule has 0 saturated carbocycles. The van der Waals surface area contributed by atoms with Crippen LogP contribution in [0.1, 0.15) is 44.9 Å². The first-order chi connectivity index (χ1) is 15.0. The number of nitrogens with one attached hydrogen (secondary N) is 1. The first-order valence-electron chi connectivity index (χ1n) is 9.82. The van der Waals surface area contributed by atoms with Gasteiger partial charge in [0.15, 0.2) is 10.8 Å². The van der Waals surface area contributed by atoms with Crippen LogP contribution < -0.4 is 10.2 Å². The molecule has 0 spiro atoms. The van der Waals surface area contributed by atoms with Crippen molar-refractivity contribution in [1.29, 1.82) is 0 Å². The molecule has 8 nitrogen and oxygen atoms in total. The Morgan fingerprint density at radius 1 is 1.13 bits per heavy atom. The number of thioether (sulfide) groups is 1. The fourth-order valence-electron chi connectivity index (χ4n) is 3.33. The number of carbonyl (C=O) groups excluding carboxylic acids is 2. The smallest absolute Gasteiger partial charge is 0.361 e. The van der Waals surface area contributed by atoms with Crippen molar-refractivity contribution < 1.29 is 19.1 Å². The Labute approximate surface area is 183 Å². The van der Waals surface area contributed by atoms with Crippen molar-refractivity contribution in [2.45, 2.75) is 30.2 Å². The molecule has 9 heteroatoms. The molecule has 0 aliphatic carbocycles. The van der Waals surface area contributed by atoms with E-state index in [4.69, 9.17) is 9.47 Å². The highest BCUT2D eigenvalue weighted by Gasteiger charge is 2.39. The summed E-state index contributed by atoms with van der Waals surface area (Å²) in [7, 11) is 1.60. The molecule has 31 heavy (non-hydrogen) atoms. The van der Waals surface area contributed by atoms with Gasteiger partial charge in [-0.15, -0.1) is 5.10 Å². The third-order valence-corrected chi connectivity index (χ3v) is 6.30. The lowest BCUT2D eigenvalue weighted by Crippen LogP contribution is -2.39. The van der Waals surface area contributed by atoms with Crippen molar-refractivity contribution in [3.63, 3.8) is 0 Å². The van der Waals surface area contributed by atoms with Crippen LogP contribution in [0.25, 0.3) is 0 Å². The van der Waals surface area contributed by atoms with Gasteiger partial charge in [0.25, 0.3) is 0 Å². The summed E-state index contributed by atoms with van der Waals surface area (Å²) in [5, 5.41) is 7.93. The maximum Gasteiger partial charge on any atom is 0.361 e. The average Bonchev–Trinajstić information content (AvgIpc) is 3.21. The summed E-state index contributed by atoms with van der Waals surface area (Å²) >= 11 is 1.26. The molecule has 1 aliphatic rings. The second-order valence-electron chi connectivity index (χ2n) is 7.02. The van der Waals surface area contributed by atoms with Crippen LogP contribution in [-0.2, 0) is 4.74 Å². The van der Waals surface area contributed by atoms with Crippen LogP contribution in [0.2, 0.25) is 0 Å². The van der Waals surface area contributed by atoms with E-state index in [0.29, 0.717) is 10.6 Å². The second kappa shape index (κ2) is 8.81. The van der Waals surface area contributed by atoms with E-state index in [9.17, 15) is 9.59 Å². The largest absolute Gasteiger partial charge is 0.497 e. The predicted octanol–water partition coefficient (Wildman–Crippen LogP) is 3.41. The normalized spacial score (nSPS) is 17.4. The number of hydrogen-bond donors (Lipinski definition) is 1. The van der Waals surface area contributed by atoms with Crippen LogP contribution in [0.3, 0.4) is 0 Å². The number of nitrogens with zero attached hydrogens (tertiary/aromatic N) is 3. The summed E-state index contributed by atoms with van der Waals surface area (Å²) in [5.41, 5.74) is 5.88. The summed E-state index contributed by atoms with van der Waals surface area (Å²) < 4.78 is 10.3. The molecule has 160 valence electrons. The zero-order chi connectivity index (χ0) is 22.0. The minimum absolute atomic E-state index is 0.0550. The molecule has 2 atom stereocenters. The predicted molar refractivity (Wildman–Crippen MR) is 116 cm³/mol. The lowest BCUT2D eigenvalue weighted by Gasteiger charge is -2.32. The van der Waals surface area contributed by atoms with Gasteiger partial charge in [0, 0.05) is 5.56 Å². The number of ketones is 1. The molecule has 3 aromatic rings. The standard InChI is InChI=1S/C22H22N4O4S/c1-4-30-22(28)18-21-26(25-23-18)24-17(14-9-11-16(29-3)12-10-14)20(31-21)19(27)15-7-5-13(2)6-8-15/h5-12,17,20,24H,4H2,1-3H3/t17-,20+/m1/s1. The van der Waals surface area contributed by atoms with E-state index >= 15 is 0 Å². The topological polar surface area (TPSA) is 95.3 Å². The van der Waals surface area contributed by atoms with Gasteiger partial charge in [0.05, 0.1) is 19.8 Å². The quantitative estimate of drug-likeness (QED) is 0.462. The van der Waals surface area contributed by atoms with Gasteiger partial charge in [-0.2, -0.15) is 4.79 Å². The van der Waals surface area contributed by atoms with Crippen LogP contribution >= 0.6 is 11.8 Å². The number of aryl methyl sites for hydroxylation is 1. The molecule has 0 unspecified atom stereocenters. The van der Waals surface area contributed by atoms with E-state index in [1.54, 1.807) is 14.0 Å². The number of benzene rings is 2. The monoisotopic (exact) mass is 438 g/mol. The van der Waals surface area contributed by atoms with Gasteiger partial charge in [-0.05, 0) is 36.8 Å². The van der Waals surface area contributed by atoms with Crippen molar-refractivity contribution in [2.24, 2.45) is 0 Å². The summed E-state index contributed by atoms with van der Waals surface area (Å²) in [5.74, 6) is 0.0997. The maximum atomic E-state index is 13.5. The molecule has 0 amide bonds. The van der Waals surface area contributed by atoms with Gasteiger partial charge in [-0.1, -0.05) is 53.7 Å². The van der Waals surface area contributed by atoms with Crippen LogP contribution in [0.4, 0.5) is 0 Å². The van der Waals surface area contributed by atoms with Crippen molar-refractivity contribution >= 4 is 23.5 Å². The van der Waals surface area contributed by atoms with Crippen LogP contribution in [0.15, 0.2) is 53.6 Å². The Morgan fingerprint density at radius 2 is 1.84 bits per heavy atom. The summed E-state index contributed by atoms with van der Waals surface area (Å²) in [6, 6.07) is 14.6. The highest BCUT2D eigenvalue weighted by atomic mass is 32.2. The molecular formula is C22H22N4O4S. The van der Waals surface area contributed by atoms with E-state index < -0.39 is 17.3 Å². The van der Waals surface area contributed by atoms with Crippen LogP contribution in [0.5, 0.6) is 5.75 Å². The third kappa shape index (κ3) is 4.13. The molecule has 1 aromatic heterocycles. The van der Waals surface area contributed by atoms with E-state index in [1.807, 2.05) is 55.5 Å². The maximum absolute atomic E-state index is 13.5. The number of Topliss-reactive ketones (excluding diaryl/α,β-unsaturated/α-hetero) is 1. The Balaban J connectivity index is 1.74. The zero-order valence-corrected chi connectivity index (χ0v) is 18.2. The minimum Gasteiger partial charge on any atom is -0.497 e. The zero-order valence-electron chi connectivity index (χ0n) is 17.4. The molecule has 1 N–H and O–H groups in total. The van der Waals surface area contributed by atoms with Crippen molar-refractivity contribution in [3.05, 3.63) is 70.9 Å². The number of fused-ring (bicyclic) bond motifs is 1. The first-order valence-corrected chi connectivity index (χ1v) is 10.7. The summed E-state index contributed by atoms with van der Waals surface area (Å²) in [6.07, 6.45) is 0. The fraction of sp³-hybridized carbons (Fsp3) is 0.273.